The Balaban J connectivity index is 2.60. The lowest BCUT2D eigenvalue weighted by Gasteiger charge is -2.44. The smallest absolute Gasteiger partial charge is 0.405 e. The SMILES string of the molecule is CC[C@H]1[C@H](C)[C@@H](NC(=O)O)c2cc(F)ccc2N1C(C)=O. The first kappa shape index (κ1) is 15.3. The summed E-state index contributed by atoms with van der Waals surface area (Å²) in [5, 5.41) is 11.5. The highest BCUT2D eigenvalue weighted by Crippen LogP contribution is 2.42. The molecule has 0 bridgehead atoms. The molecule has 0 saturated carbocycles. The third-order valence-corrected chi connectivity index (χ3v) is 4.09. The minimum atomic E-state index is -1.16. The molecule has 0 fully saturated rings. The van der Waals surface area contributed by atoms with Crippen LogP contribution in [0.25, 0.3) is 0 Å². The third kappa shape index (κ3) is 2.70. The molecule has 2 amide bonds. The van der Waals surface area contributed by atoms with Crippen LogP contribution in [0.4, 0.5) is 14.9 Å². The lowest BCUT2D eigenvalue weighted by Crippen LogP contribution is -2.51. The molecule has 2 N–H and O–H groups in total. The predicted molar refractivity (Wildman–Crippen MR) is 76.7 cm³/mol. The summed E-state index contributed by atoms with van der Waals surface area (Å²) in [5.41, 5.74) is 1.08. The molecule has 0 aliphatic carbocycles. The van der Waals surface area contributed by atoms with E-state index in [2.05, 4.69) is 5.32 Å². The highest BCUT2D eigenvalue weighted by Gasteiger charge is 2.40. The molecule has 0 aromatic heterocycles. The number of carbonyl (C=O) groups excluding carboxylic acids is 1. The van der Waals surface area contributed by atoms with Crippen LogP contribution >= 0.6 is 0 Å². The molecule has 1 aliphatic heterocycles. The Labute approximate surface area is 122 Å². The van der Waals surface area contributed by atoms with E-state index >= 15 is 0 Å². The monoisotopic (exact) mass is 294 g/mol. The standard InChI is InChI=1S/C15H19FN2O3/c1-4-12-8(2)14(17-15(20)21)11-7-10(16)5-6-13(11)18(12)9(3)19/h5-8,12,14,17H,4H2,1-3H3,(H,20,21)/t8-,12-,14+/m0/s1. The molecule has 5 nitrogen and oxygen atoms in total. The first-order chi connectivity index (χ1) is 9.86. The molecule has 1 heterocycles. The van der Waals surface area contributed by atoms with E-state index in [4.69, 9.17) is 5.11 Å². The average molecular weight is 294 g/mol. The number of carboxylic acid groups (broad SMARTS) is 1. The van der Waals surface area contributed by atoms with Crippen LogP contribution in [0.15, 0.2) is 18.2 Å². The number of halogens is 1. The summed E-state index contributed by atoms with van der Waals surface area (Å²) >= 11 is 0. The van der Waals surface area contributed by atoms with E-state index < -0.39 is 18.0 Å². The second-order valence-corrected chi connectivity index (χ2v) is 5.35. The Morgan fingerprint density at radius 3 is 2.62 bits per heavy atom. The second kappa shape index (κ2) is 5.71. The van der Waals surface area contributed by atoms with Gasteiger partial charge in [-0.15, -0.1) is 0 Å². The van der Waals surface area contributed by atoms with Crippen molar-refractivity contribution in [1.82, 2.24) is 5.32 Å². The maximum Gasteiger partial charge on any atom is 0.405 e. The van der Waals surface area contributed by atoms with E-state index in [0.717, 1.165) is 0 Å². The molecule has 6 heteroatoms. The molecule has 1 aromatic rings. The number of rotatable bonds is 2. The highest BCUT2D eigenvalue weighted by molar-refractivity contribution is 5.94. The summed E-state index contributed by atoms with van der Waals surface area (Å²) in [5.74, 6) is -0.726. The van der Waals surface area contributed by atoms with Gasteiger partial charge in [-0.3, -0.25) is 4.79 Å². The van der Waals surface area contributed by atoms with Gasteiger partial charge in [-0.25, -0.2) is 9.18 Å². The lowest BCUT2D eigenvalue weighted by molar-refractivity contribution is -0.117. The quantitative estimate of drug-likeness (QED) is 0.881. The van der Waals surface area contributed by atoms with Gasteiger partial charge in [0.2, 0.25) is 5.91 Å². The zero-order chi connectivity index (χ0) is 15.7. The van der Waals surface area contributed by atoms with E-state index in [0.29, 0.717) is 17.7 Å². The molecule has 0 saturated heterocycles. The summed E-state index contributed by atoms with van der Waals surface area (Å²) in [6.45, 7) is 5.29. The Bertz CT molecular complexity index is 576. The van der Waals surface area contributed by atoms with Gasteiger partial charge in [0.25, 0.3) is 0 Å². The van der Waals surface area contributed by atoms with Crippen LogP contribution in [0.1, 0.15) is 38.8 Å². The van der Waals surface area contributed by atoms with Crippen molar-refractivity contribution in [2.75, 3.05) is 4.90 Å². The van der Waals surface area contributed by atoms with Crippen molar-refractivity contribution < 1.29 is 19.1 Å². The van der Waals surface area contributed by atoms with Crippen molar-refractivity contribution >= 4 is 17.7 Å². The average Bonchev–Trinajstić information content (AvgIpc) is 2.40. The maximum atomic E-state index is 13.6. The summed E-state index contributed by atoms with van der Waals surface area (Å²) in [7, 11) is 0. The molecular formula is C15H19FN2O3. The van der Waals surface area contributed by atoms with Gasteiger partial charge in [0.15, 0.2) is 0 Å². The van der Waals surface area contributed by atoms with Crippen molar-refractivity contribution in [2.24, 2.45) is 5.92 Å². The number of carbonyl (C=O) groups is 2. The van der Waals surface area contributed by atoms with Crippen LogP contribution < -0.4 is 10.2 Å². The van der Waals surface area contributed by atoms with Crippen LogP contribution in [0.2, 0.25) is 0 Å². The molecule has 21 heavy (non-hydrogen) atoms. The van der Waals surface area contributed by atoms with Crippen molar-refractivity contribution in [2.45, 2.75) is 39.3 Å². The second-order valence-electron chi connectivity index (χ2n) is 5.35. The van der Waals surface area contributed by atoms with Gasteiger partial charge in [0.05, 0.1) is 6.04 Å². The largest absolute Gasteiger partial charge is 0.465 e. The zero-order valence-electron chi connectivity index (χ0n) is 12.3. The number of amides is 2. The number of hydrogen-bond acceptors (Lipinski definition) is 2. The molecule has 0 radical (unpaired) electrons. The van der Waals surface area contributed by atoms with Crippen molar-refractivity contribution in [3.8, 4) is 0 Å². The number of anilines is 1. The van der Waals surface area contributed by atoms with Gasteiger partial charge < -0.3 is 15.3 Å². The van der Waals surface area contributed by atoms with Gasteiger partial charge in [-0.2, -0.15) is 0 Å². The molecule has 1 aliphatic rings. The first-order valence-corrected chi connectivity index (χ1v) is 6.95. The van der Waals surface area contributed by atoms with E-state index in [-0.39, 0.29) is 17.9 Å². The molecule has 114 valence electrons. The van der Waals surface area contributed by atoms with Gasteiger partial charge in [0, 0.05) is 30.1 Å². The Morgan fingerprint density at radius 1 is 1.43 bits per heavy atom. The Hall–Kier alpha value is -2.11. The fraction of sp³-hybridized carbons (Fsp3) is 0.467. The van der Waals surface area contributed by atoms with Crippen LogP contribution in [0.3, 0.4) is 0 Å². The summed E-state index contributed by atoms with van der Waals surface area (Å²) in [4.78, 5) is 24.7. The van der Waals surface area contributed by atoms with Gasteiger partial charge >= 0.3 is 6.09 Å². The van der Waals surface area contributed by atoms with Gasteiger partial charge in [-0.05, 0) is 24.6 Å². The lowest BCUT2D eigenvalue weighted by atomic mass is 9.81. The minimum absolute atomic E-state index is 0.127. The minimum Gasteiger partial charge on any atom is -0.465 e. The fourth-order valence-electron chi connectivity index (χ4n) is 3.21. The Morgan fingerprint density at radius 2 is 2.10 bits per heavy atom. The number of benzene rings is 1. The van der Waals surface area contributed by atoms with E-state index in [1.54, 1.807) is 4.90 Å². The highest BCUT2D eigenvalue weighted by atomic mass is 19.1. The molecule has 2 rings (SSSR count). The first-order valence-electron chi connectivity index (χ1n) is 6.95. The molecule has 1 aromatic carbocycles. The van der Waals surface area contributed by atoms with Crippen molar-refractivity contribution in [3.63, 3.8) is 0 Å². The van der Waals surface area contributed by atoms with Crippen LogP contribution in [0, 0.1) is 11.7 Å². The fourth-order valence-corrected chi connectivity index (χ4v) is 3.21. The zero-order valence-corrected chi connectivity index (χ0v) is 12.3. The molecule has 0 spiro atoms. The maximum absolute atomic E-state index is 13.6. The van der Waals surface area contributed by atoms with Crippen LogP contribution in [0.5, 0.6) is 0 Å². The summed E-state index contributed by atoms with van der Waals surface area (Å²) in [6, 6.07) is 3.46. The van der Waals surface area contributed by atoms with Crippen LogP contribution in [-0.2, 0) is 4.79 Å². The molecule has 0 unspecified atom stereocenters. The molecular weight excluding hydrogens is 275 g/mol. The topological polar surface area (TPSA) is 69.6 Å². The van der Waals surface area contributed by atoms with Crippen molar-refractivity contribution in [3.05, 3.63) is 29.6 Å². The van der Waals surface area contributed by atoms with Gasteiger partial charge in [0.1, 0.15) is 5.82 Å². The summed E-state index contributed by atoms with van der Waals surface area (Å²) < 4.78 is 13.6. The van der Waals surface area contributed by atoms with E-state index in [1.807, 2.05) is 13.8 Å². The number of hydrogen-bond donors (Lipinski definition) is 2. The van der Waals surface area contributed by atoms with Gasteiger partial charge in [-0.1, -0.05) is 13.8 Å². The van der Waals surface area contributed by atoms with Crippen molar-refractivity contribution in [1.29, 1.82) is 0 Å². The molecule has 3 atom stereocenters. The number of nitrogens with one attached hydrogen (secondary N) is 1. The predicted octanol–water partition coefficient (Wildman–Crippen LogP) is 2.92. The van der Waals surface area contributed by atoms with Crippen LogP contribution in [-0.4, -0.2) is 23.1 Å². The number of fused-ring (bicyclic) bond motifs is 1. The van der Waals surface area contributed by atoms with E-state index in [9.17, 15) is 14.0 Å². The normalized spacial score (nSPS) is 24.4. The van der Waals surface area contributed by atoms with E-state index in [1.165, 1.54) is 25.1 Å². The number of nitrogens with zero attached hydrogens (tertiary/aromatic N) is 1. The third-order valence-electron chi connectivity index (χ3n) is 4.09. The summed E-state index contributed by atoms with van der Waals surface area (Å²) in [6.07, 6.45) is -0.469. The Kier molecular flexibility index (Phi) is 4.16.